The number of carbonyl (C=O) groups excluding carboxylic acids is 1. The van der Waals surface area contributed by atoms with Gasteiger partial charge in [-0.25, -0.2) is 8.78 Å². The summed E-state index contributed by atoms with van der Waals surface area (Å²) in [4.78, 5) is 14.5. The Morgan fingerprint density at radius 2 is 2.00 bits per heavy atom. The number of thiophene rings is 1. The summed E-state index contributed by atoms with van der Waals surface area (Å²) in [7, 11) is -0.833. The van der Waals surface area contributed by atoms with E-state index >= 15 is 0 Å². The molecule has 3 aromatic rings. The predicted molar refractivity (Wildman–Crippen MR) is 112 cm³/mol. The summed E-state index contributed by atoms with van der Waals surface area (Å²) < 4.78 is 57.0. The molecule has 4 rings (SSSR count). The van der Waals surface area contributed by atoms with Crippen LogP contribution in [0.15, 0.2) is 42.7 Å². The van der Waals surface area contributed by atoms with Gasteiger partial charge in [0.2, 0.25) is 5.91 Å². The summed E-state index contributed by atoms with van der Waals surface area (Å²) in [5.41, 5.74) is 0.946. The molecule has 1 aromatic carbocycles. The molecule has 0 radical (unpaired) electrons. The Morgan fingerprint density at radius 3 is 2.68 bits per heavy atom. The fourth-order valence-corrected chi connectivity index (χ4v) is 5.73. The highest BCUT2D eigenvalue weighted by atomic mass is 32.2. The van der Waals surface area contributed by atoms with E-state index in [1.54, 1.807) is 17.9 Å². The van der Waals surface area contributed by atoms with Crippen LogP contribution in [0.3, 0.4) is 0 Å². The maximum absolute atomic E-state index is 13.5. The smallest absolute Gasteiger partial charge is 0.280 e. The first kappa shape index (κ1) is 21.6. The van der Waals surface area contributed by atoms with Gasteiger partial charge in [0.1, 0.15) is 6.04 Å². The largest absolute Gasteiger partial charge is 0.325 e. The third-order valence-electron chi connectivity index (χ3n) is 5.02. The van der Waals surface area contributed by atoms with Gasteiger partial charge < -0.3 is 5.32 Å². The SMILES string of the molecule is CN1[C@H](C(=O)Nc2ccc(F)c(F)c2)C[C@H](c2ccc(-c3cnn(C)c3)s2)NS1(=O)=O. The number of aromatic nitrogens is 2. The average Bonchev–Trinajstić information content (AvgIpc) is 3.35. The van der Waals surface area contributed by atoms with E-state index in [0.717, 1.165) is 31.8 Å². The van der Waals surface area contributed by atoms with E-state index in [1.165, 1.54) is 24.5 Å². The van der Waals surface area contributed by atoms with Gasteiger partial charge in [0.25, 0.3) is 10.2 Å². The monoisotopic (exact) mass is 467 g/mol. The van der Waals surface area contributed by atoms with Crippen LogP contribution in [-0.4, -0.2) is 41.5 Å². The van der Waals surface area contributed by atoms with E-state index in [2.05, 4.69) is 15.1 Å². The molecule has 0 saturated carbocycles. The van der Waals surface area contributed by atoms with Gasteiger partial charge in [-0.1, -0.05) is 0 Å². The Kier molecular flexibility index (Phi) is 5.64. The third kappa shape index (κ3) is 4.37. The van der Waals surface area contributed by atoms with Crippen LogP contribution >= 0.6 is 11.3 Å². The van der Waals surface area contributed by atoms with Crippen molar-refractivity contribution in [1.82, 2.24) is 18.8 Å². The molecule has 0 unspecified atom stereocenters. The zero-order valence-corrected chi connectivity index (χ0v) is 18.2. The van der Waals surface area contributed by atoms with E-state index in [9.17, 15) is 22.0 Å². The van der Waals surface area contributed by atoms with E-state index in [1.807, 2.05) is 18.3 Å². The van der Waals surface area contributed by atoms with Crippen molar-refractivity contribution in [3.8, 4) is 10.4 Å². The zero-order chi connectivity index (χ0) is 22.3. The maximum atomic E-state index is 13.5. The molecule has 1 aliphatic heterocycles. The normalized spacial score (nSPS) is 21.2. The standard InChI is InChI=1S/C19H19F2N5O3S2/c1-25-10-11(9-22-25)17-5-6-18(30-17)15-8-16(26(2)31(28,29)24-15)19(27)23-12-3-4-13(20)14(21)7-12/h3-7,9-10,15-16,24H,8H2,1-2H3,(H,23,27)/t15-,16+/m1/s1. The number of hydrogen-bond donors (Lipinski definition) is 2. The maximum Gasteiger partial charge on any atom is 0.280 e. The fraction of sp³-hybridized carbons (Fsp3) is 0.263. The minimum atomic E-state index is -3.93. The first-order valence-electron chi connectivity index (χ1n) is 9.24. The topological polar surface area (TPSA) is 96.3 Å². The molecule has 3 heterocycles. The molecule has 0 bridgehead atoms. The quantitative estimate of drug-likeness (QED) is 0.617. The molecule has 2 aromatic heterocycles. The molecular weight excluding hydrogens is 448 g/mol. The van der Waals surface area contributed by atoms with Gasteiger partial charge >= 0.3 is 0 Å². The Hall–Kier alpha value is -2.67. The lowest BCUT2D eigenvalue weighted by atomic mass is 10.1. The van der Waals surface area contributed by atoms with Crippen LogP contribution in [0.2, 0.25) is 0 Å². The van der Waals surface area contributed by atoms with E-state index in [0.29, 0.717) is 0 Å². The molecular formula is C19H19F2N5O3S2. The molecule has 164 valence electrons. The van der Waals surface area contributed by atoms with Gasteiger partial charge in [0.05, 0.1) is 12.2 Å². The van der Waals surface area contributed by atoms with Crippen molar-refractivity contribution >= 4 is 33.1 Å². The number of likely N-dealkylation sites (N-methyl/N-ethyl adjacent to an activating group) is 1. The average molecular weight is 468 g/mol. The highest BCUT2D eigenvalue weighted by Crippen LogP contribution is 2.36. The van der Waals surface area contributed by atoms with Gasteiger partial charge in [-0.2, -0.15) is 22.5 Å². The van der Waals surface area contributed by atoms with Crippen LogP contribution in [0.25, 0.3) is 10.4 Å². The molecule has 0 aliphatic carbocycles. The molecule has 8 nitrogen and oxygen atoms in total. The second-order valence-electron chi connectivity index (χ2n) is 7.17. The fourth-order valence-electron chi connectivity index (χ4n) is 3.34. The van der Waals surface area contributed by atoms with Crippen molar-refractivity contribution < 1.29 is 22.0 Å². The van der Waals surface area contributed by atoms with Crippen LogP contribution in [0, 0.1) is 11.6 Å². The van der Waals surface area contributed by atoms with Crippen LogP contribution in [0.4, 0.5) is 14.5 Å². The number of aryl methyl sites for hydroxylation is 1. The van der Waals surface area contributed by atoms with Gasteiger partial charge in [0, 0.05) is 47.4 Å². The molecule has 2 atom stereocenters. The number of hydrogen-bond acceptors (Lipinski definition) is 5. The van der Waals surface area contributed by atoms with Crippen LogP contribution in [0.5, 0.6) is 0 Å². The molecule has 0 spiro atoms. The molecule has 2 N–H and O–H groups in total. The predicted octanol–water partition coefficient (Wildman–Crippen LogP) is 2.65. The van der Waals surface area contributed by atoms with Gasteiger partial charge in [-0.15, -0.1) is 11.3 Å². The van der Waals surface area contributed by atoms with Crippen molar-refractivity contribution in [2.24, 2.45) is 7.05 Å². The third-order valence-corrected chi connectivity index (χ3v) is 7.86. The summed E-state index contributed by atoms with van der Waals surface area (Å²) >= 11 is 1.41. The molecule has 12 heteroatoms. The van der Waals surface area contributed by atoms with E-state index in [4.69, 9.17) is 0 Å². The Balaban J connectivity index is 1.57. The van der Waals surface area contributed by atoms with E-state index < -0.39 is 39.8 Å². The number of rotatable bonds is 4. The molecule has 1 amide bonds. The van der Waals surface area contributed by atoms with Crippen LogP contribution in [0.1, 0.15) is 17.3 Å². The van der Waals surface area contributed by atoms with Crippen LogP contribution in [-0.2, 0) is 22.1 Å². The van der Waals surface area contributed by atoms with Crippen LogP contribution < -0.4 is 10.0 Å². The van der Waals surface area contributed by atoms with Gasteiger partial charge in [-0.05, 0) is 30.7 Å². The first-order valence-corrected chi connectivity index (χ1v) is 11.5. The highest BCUT2D eigenvalue weighted by molar-refractivity contribution is 7.87. The molecule has 1 aliphatic rings. The number of carbonyl (C=O) groups is 1. The lowest BCUT2D eigenvalue weighted by Crippen LogP contribution is -2.55. The number of anilines is 1. The molecule has 1 saturated heterocycles. The molecule has 31 heavy (non-hydrogen) atoms. The lowest BCUT2D eigenvalue weighted by Gasteiger charge is -2.35. The number of nitrogens with one attached hydrogen (secondary N) is 2. The van der Waals surface area contributed by atoms with Crippen molar-refractivity contribution in [2.75, 3.05) is 12.4 Å². The molecule has 1 fully saturated rings. The summed E-state index contributed by atoms with van der Waals surface area (Å²) in [5.74, 6) is -2.78. The lowest BCUT2D eigenvalue weighted by molar-refractivity contribution is -0.120. The van der Waals surface area contributed by atoms with Crippen molar-refractivity contribution in [2.45, 2.75) is 18.5 Å². The summed E-state index contributed by atoms with van der Waals surface area (Å²) in [5, 5.41) is 6.60. The second-order valence-corrected chi connectivity index (χ2v) is 10.0. The summed E-state index contributed by atoms with van der Waals surface area (Å²) in [6, 6.07) is 4.99. The number of nitrogens with zero attached hydrogens (tertiary/aromatic N) is 3. The second kappa shape index (κ2) is 8.11. The number of amides is 1. The van der Waals surface area contributed by atoms with E-state index in [-0.39, 0.29) is 12.1 Å². The minimum absolute atomic E-state index is 0.0415. The van der Waals surface area contributed by atoms with Crippen molar-refractivity contribution in [1.29, 1.82) is 0 Å². The van der Waals surface area contributed by atoms with Crippen molar-refractivity contribution in [3.63, 3.8) is 0 Å². The van der Waals surface area contributed by atoms with Crippen molar-refractivity contribution in [3.05, 3.63) is 59.2 Å². The van der Waals surface area contributed by atoms with Gasteiger partial charge in [-0.3, -0.25) is 9.48 Å². The Labute approximate surface area is 181 Å². The summed E-state index contributed by atoms with van der Waals surface area (Å²) in [6.07, 6.45) is 3.73. The summed E-state index contributed by atoms with van der Waals surface area (Å²) in [6.45, 7) is 0. The number of benzene rings is 1. The highest BCUT2D eigenvalue weighted by Gasteiger charge is 2.41. The van der Waals surface area contributed by atoms with Gasteiger partial charge in [0.15, 0.2) is 11.6 Å². The number of halogens is 2. The Bertz CT molecular complexity index is 1240. The first-order chi connectivity index (χ1) is 14.6. The zero-order valence-electron chi connectivity index (χ0n) is 16.5. The Morgan fingerprint density at radius 1 is 1.23 bits per heavy atom. The minimum Gasteiger partial charge on any atom is -0.325 e.